The molecule has 0 aliphatic rings. The third kappa shape index (κ3) is 4.77. The number of nitrogen functional groups attached to an aromatic ring is 1. The molecule has 0 atom stereocenters. The molecule has 8 nitrogen and oxygen atoms in total. The molecule has 30 heavy (non-hydrogen) atoms. The van der Waals surface area contributed by atoms with E-state index in [4.69, 9.17) is 15.6 Å². The lowest BCUT2D eigenvalue weighted by Crippen LogP contribution is -2.29. The van der Waals surface area contributed by atoms with E-state index in [-0.39, 0.29) is 22.9 Å². The second kappa shape index (κ2) is 8.95. The van der Waals surface area contributed by atoms with Crippen molar-refractivity contribution in [1.29, 1.82) is 0 Å². The molecule has 10 heteroatoms. The quantitative estimate of drug-likeness (QED) is 0.602. The van der Waals surface area contributed by atoms with Gasteiger partial charge < -0.3 is 10.8 Å². The molecule has 0 radical (unpaired) electrons. The Hall–Kier alpha value is -3.40. The average molecular weight is 432 g/mol. The van der Waals surface area contributed by atoms with E-state index in [0.29, 0.717) is 16.8 Å². The Morgan fingerprint density at radius 2 is 1.73 bits per heavy atom. The van der Waals surface area contributed by atoms with Crippen LogP contribution < -0.4 is 5.73 Å². The zero-order valence-electron chi connectivity index (χ0n) is 16.6. The number of carbonyl (C=O) groups is 1. The summed E-state index contributed by atoms with van der Waals surface area (Å²) >= 11 is 0. The summed E-state index contributed by atoms with van der Waals surface area (Å²) < 4.78 is 39.4. The Labute approximate surface area is 173 Å². The van der Waals surface area contributed by atoms with Crippen LogP contribution in [0.1, 0.15) is 20.8 Å². The molecule has 0 aliphatic carbocycles. The number of benzene rings is 1. The van der Waals surface area contributed by atoms with Crippen LogP contribution in [0.4, 0.5) is 10.2 Å². The molecule has 0 saturated carbocycles. The molecule has 0 amide bonds. The minimum Gasteiger partial charge on any atom is -0.483 e. The lowest BCUT2D eigenvalue weighted by molar-refractivity contribution is -0.122. The highest BCUT2D eigenvalue weighted by atomic mass is 32.2. The lowest BCUT2D eigenvalue weighted by Gasteiger charge is -2.20. The number of rotatable bonds is 3. The van der Waals surface area contributed by atoms with Crippen molar-refractivity contribution < 1.29 is 22.7 Å². The van der Waals surface area contributed by atoms with E-state index in [1.165, 1.54) is 30.7 Å². The molecular formula is C20H21FN4O4S. The maximum Gasteiger partial charge on any atom is 0.290 e. The fourth-order valence-electron chi connectivity index (χ4n) is 2.48. The summed E-state index contributed by atoms with van der Waals surface area (Å²) in [5, 5.41) is 6.82. The van der Waals surface area contributed by atoms with Crippen LogP contribution >= 0.6 is 0 Å². The van der Waals surface area contributed by atoms with E-state index in [1.807, 2.05) is 0 Å². The van der Waals surface area contributed by atoms with E-state index in [9.17, 15) is 12.8 Å². The maximum atomic E-state index is 14.7. The minimum atomic E-state index is -3.70. The van der Waals surface area contributed by atoms with Crippen molar-refractivity contribution in [2.24, 2.45) is 0 Å². The fourth-order valence-corrected chi connectivity index (χ4v) is 3.74. The van der Waals surface area contributed by atoms with Crippen molar-refractivity contribution in [1.82, 2.24) is 15.0 Å². The molecule has 0 saturated heterocycles. The highest BCUT2D eigenvalue weighted by Gasteiger charge is 2.34. The van der Waals surface area contributed by atoms with Crippen molar-refractivity contribution in [3.8, 4) is 22.4 Å². The topological polar surface area (TPSA) is 136 Å². The number of aromatic nitrogens is 3. The molecule has 0 fully saturated rings. The molecule has 3 rings (SSSR count). The third-order valence-electron chi connectivity index (χ3n) is 4.06. The number of nitrogens with zero attached hydrogens (tertiary/aromatic N) is 3. The van der Waals surface area contributed by atoms with Crippen molar-refractivity contribution in [3.63, 3.8) is 0 Å². The van der Waals surface area contributed by atoms with Crippen LogP contribution in [0.15, 0.2) is 53.9 Å². The van der Waals surface area contributed by atoms with Gasteiger partial charge in [0.1, 0.15) is 11.6 Å². The van der Waals surface area contributed by atoms with Gasteiger partial charge in [0.2, 0.25) is 9.84 Å². The summed E-state index contributed by atoms with van der Waals surface area (Å²) in [4.78, 5) is 20.4. The monoisotopic (exact) mass is 432 g/mol. The van der Waals surface area contributed by atoms with Crippen molar-refractivity contribution in [2.75, 3.05) is 5.73 Å². The van der Waals surface area contributed by atoms with Crippen LogP contribution in [0.3, 0.4) is 0 Å². The van der Waals surface area contributed by atoms with Gasteiger partial charge in [0, 0.05) is 17.3 Å². The van der Waals surface area contributed by atoms with Gasteiger partial charge in [0.15, 0.2) is 5.03 Å². The number of sulfone groups is 1. The van der Waals surface area contributed by atoms with E-state index in [0.717, 1.165) is 0 Å². The molecule has 2 heterocycles. The Morgan fingerprint density at radius 1 is 1.07 bits per heavy atom. The molecule has 3 N–H and O–H groups in total. The summed E-state index contributed by atoms with van der Waals surface area (Å²) in [7, 11) is -3.70. The number of halogens is 1. The SMILES string of the molecule is CC(C)(C)S(=O)(=O)c1ncccc1-c1ccc(-c2cnc(N)cn2)c(F)c1.O=CO. The summed E-state index contributed by atoms with van der Waals surface area (Å²) in [6.07, 6.45) is 4.14. The van der Waals surface area contributed by atoms with Gasteiger partial charge >= 0.3 is 0 Å². The van der Waals surface area contributed by atoms with E-state index in [1.54, 1.807) is 39.0 Å². The average Bonchev–Trinajstić information content (AvgIpc) is 2.68. The largest absolute Gasteiger partial charge is 0.483 e. The molecular weight excluding hydrogens is 411 g/mol. The van der Waals surface area contributed by atoms with Gasteiger partial charge in [-0.25, -0.2) is 22.8 Å². The third-order valence-corrected chi connectivity index (χ3v) is 6.51. The second-order valence-corrected chi connectivity index (χ2v) is 9.72. The first-order valence-electron chi connectivity index (χ1n) is 8.68. The molecule has 0 bridgehead atoms. The summed E-state index contributed by atoms with van der Waals surface area (Å²) in [6, 6.07) is 7.67. The number of carboxylic acid groups (broad SMARTS) is 1. The molecule has 3 aromatic rings. The second-order valence-electron chi connectivity index (χ2n) is 7.10. The van der Waals surface area contributed by atoms with Gasteiger partial charge in [0.25, 0.3) is 6.47 Å². The number of hydrogen-bond acceptors (Lipinski definition) is 7. The van der Waals surface area contributed by atoms with Crippen molar-refractivity contribution >= 4 is 22.1 Å². The molecule has 1 aromatic carbocycles. The van der Waals surface area contributed by atoms with Crippen molar-refractivity contribution in [3.05, 3.63) is 54.7 Å². The van der Waals surface area contributed by atoms with Crippen LogP contribution in [0.25, 0.3) is 22.4 Å². The summed E-state index contributed by atoms with van der Waals surface area (Å²) in [5.74, 6) is -0.308. The van der Waals surface area contributed by atoms with Crippen molar-refractivity contribution in [2.45, 2.75) is 30.5 Å². The zero-order chi connectivity index (χ0) is 22.5. The first kappa shape index (κ1) is 22.9. The fraction of sp³-hybridized carbons (Fsp3) is 0.200. The van der Waals surface area contributed by atoms with Gasteiger partial charge in [-0.2, -0.15) is 0 Å². The van der Waals surface area contributed by atoms with E-state index >= 15 is 0 Å². The molecule has 2 aromatic heterocycles. The highest BCUT2D eigenvalue weighted by molar-refractivity contribution is 7.92. The van der Waals surface area contributed by atoms with Gasteiger partial charge in [-0.1, -0.05) is 6.07 Å². The number of hydrogen-bond donors (Lipinski definition) is 2. The van der Waals surface area contributed by atoms with Gasteiger partial charge in [-0.15, -0.1) is 0 Å². The highest BCUT2D eigenvalue weighted by Crippen LogP contribution is 2.33. The Bertz CT molecular complexity index is 1140. The molecule has 158 valence electrons. The van der Waals surface area contributed by atoms with Crippen LogP contribution in [-0.2, 0) is 14.6 Å². The first-order valence-corrected chi connectivity index (χ1v) is 10.2. The lowest BCUT2D eigenvalue weighted by atomic mass is 10.0. The number of pyridine rings is 1. The van der Waals surface area contributed by atoms with Gasteiger partial charge in [0.05, 0.1) is 22.8 Å². The van der Waals surface area contributed by atoms with Crippen LogP contribution in [0, 0.1) is 5.82 Å². The Morgan fingerprint density at radius 3 is 2.27 bits per heavy atom. The standard InChI is InChI=1S/C19H19FN4O2S.CH2O2/c1-19(2,3)27(25,26)18-13(5-4-8-22-18)12-6-7-14(15(20)9-12)16-10-24-17(21)11-23-16;2-1-3/h4-11H,1-3H3,(H2,21,24);1H,(H,2,3). The number of nitrogens with two attached hydrogens (primary N) is 1. The zero-order valence-corrected chi connectivity index (χ0v) is 17.4. The number of anilines is 1. The van der Waals surface area contributed by atoms with Crippen LogP contribution in [0.2, 0.25) is 0 Å². The summed E-state index contributed by atoms with van der Waals surface area (Å²) in [5.41, 5.74) is 6.85. The van der Waals surface area contributed by atoms with Crippen LogP contribution in [-0.4, -0.2) is 39.7 Å². The maximum absolute atomic E-state index is 14.7. The normalized spacial score (nSPS) is 11.3. The van der Waals surface area contributed by atoms with Gasteiger partial charge in [-0.05, 0) is 50.6 Å². The molecule has 0 unspecified atom stereocenters. The molecule has 0 aliphatic heterocycles. The Balaban J connectivity index is 0.00000101. The molecule has 0 spiro atoms. The summed E-state index contributed by atoms with van der Waals surface area (Å²) in [6.45, 7) is 4.55. The van der Waals surface area contributed by atoms with Gasteiger partial charge in [-0.3, -0.25) is 9.78 Å². The minimum absolute atomic E-state index is 0.0723. The van der Waals surface area contributed by atoms with Crippen LogP contribution in [0.5, 0.6) is 0 Å². The van der Waals surface area contributed by atoms with E-state index < -0.39 is 20.4 Å². The predicted octanol–water partition coefficient (Wildman–Crippen LogP) is 3.20. The smallest absolute Gasteiger partial charge is 0.290 e. The Kier molecular flexibility index (Phi) is 6.83. The first-order chi connectivity index (χ1) is 14.0. The van der Waals surface area contributed by atoms with E-state index in [2.05, 4.69) is 15.0 Å². The predicted molar refractivity (Wildman–Crippen MR) is 111 cm³/mol.